The van der Waals surface area contributed by atoms with E-state index in [1.54, 1.807) is 0 Å². The largest absolute Gasteiger partial charge is 0.357 e. The van der Waals surface area contributed by atoms with Crippen molar-refractivity contribution in [3.05, 3.63) is 65.3 Å². The Morgan fingerprint density at radius 1 is 1.33 bits per heavy atom. The van der Waals surface area contributed by atoms with Crippen LogP contribution in [0.2, 0.25) is 0 Å². The Kier molecular flexibility index (Phi) is 3.09. The Morgan fingerprint density at radius 3 is 2.71 bits per heavy atom. The number of H-pyrrole nitrogens is 1. The fraction of sp³-hybridized carbons (Fsp3) is 0.381. The molecule has 2 aliphatic rings. The smallest absolute Gasteiger partial charge is 0.180 e. The molecule has 0 amide bonds. The van der Waals surface area contributed by atoms with Gasteiger partial charge in [-0.3, -0.25) is 0 Å². The number of allylic oxidation sites excluding steroid dienone is 2. The number of hydrogen-bond donors (Lipinski definition) is 1. The first kappa shape index (κ1) is 15.5. The van der Waals surface area contributed by atoms with Gasteiger partial charge in [-0.25, -0.2) is 4.85 Å². The topological polar surface area (TPSA) is 20.1 Å². The van der Waals surface area contributed by atoms with Gasteiger partial charge in [0.1, 0.15) is 0 Å². The standard InChI is InChI=1S/C21H21ClN2/c1-6-21(4)15(22)11-13-17(19(21)23-5)16-12-9-7-8-10-14(12)24-18(16)20(13,2)3/h6-10,13,15,24H,1,11H2,2-4H3/t13-,15+,21+/m0/s1. The van der Waals surface area contributed by atoms with Gasteiger partial charge < -0.3 is 4.98 Å². The zero-order valence-corrected chi connectivity index (χ0v) is 15.0. The molecule has 3 atom stereocenters. The third-order valence-corrected chi connectivity index (χ3v) is 6.87. The Labute approximate surface area is 148 Å². The number of aromatic nitrogens is 1. The van der Waals surface area contributed by atoms with Crippen molar-refractivity contribution in [2.45, 2.75) is 38.0 Å². The first-order chi connectivity index (χ1) is 11.4. The van der Waals surface area contributed by atoms with Crippen LogP contribution >= 0.6 is 11.6 Å². The van der Waals surface area contributed by atoms with E-state index in [-0.39, 0.29) is 16.7 Å². The first-order valence-electron chi connectivity index (χ1n) is 8.37. The molecular weight excluding hydrogens is 316 g/mol. The minimum atomic E-state index is -0.481. The minimum Gasteiger partial charge on any atom is -0.357 e. The summed E-state index contributed by atoms with van der Waals surface area (Å²) in [7, 11) is 0. The third kappa shape index (κ3) is 1.66. The molecule has 0 unspecified atom stereocenters. The number of benzene rings is 1. The summed E-state index contributed by atoms with van der Waals surface area (Å²) < 4.78 is 0. The van der Waals surface area contributed by atoms with Crippen LogP contribution in [0.5, 0.6) is 0 Å². The highest BCUT2D eigenvalue weighted by atomic mass is 35.5. The zero-order chi connectivity index (χ0) is 17.3. The highest BCUT2D eigenvalue weighted by molar-refractivity contribution is 6.22. The van der Waals surface area contributed by atoms with Crippen LogP contribution in [0.15, 0.2) is 42.6 Å². The number of nitrogens with one attached hydrogen (secondary N) is 1. The normalized spacial score (nSPS) is 30.8. The van der Waals surface area contributed by atoms with E-state index >= 15 is 0 Å². The number of aromatic amines is 1. The van der Waals surface area contributed by atoms with Gasteiger partial charge in [-0.1, -0.05) is 45.0 Å². The quantitative estimate of drug-likeness (QED) is 0.379. The van der Waals surface area contributed by atoms with Gasteiger partial charge in [-0.05, 0) is 29.5 Å². The summed E-state index contributed by atoms with van der Waals surface area (Å²) in [4.78, 5) is 7.60. The fourth-order valence-corrected chi connectivity index (χ4v) is 4.98. The monoisotopic (exact) mass is 336 g/mol. The van der Waals surface area contributed by atoms with Crippen LogP contribution in [0, 0.1) is 17.9 Å². The van der Waals surface area contributed by atoms with Gasteiger partial charge in [-0.15, -0.1) is 18.2 Å². The second kappa shape index (κ2) is 4.77. The summed E-state index contributed by atoms with van der Waals surface area (Å²) in [5.74, 6) is 0.267. The van der Waals surface area contributed by atoms with Crippen LogP contribution in [0.3, 0.4) is 0 Å². The van der Waals surface area contributed by atoms with E-state index in [9.17, 15) is 0 Å². The summed E-state index contributed by atoms with van der Waals surface area (Å²) in [6, 6.07) is 8.37. The summed E-state index contributed by atoms with van der Waals surface area (Å²) in [5, 5.41) is 1.10. The summed E-state index contributed by atoms with van der Waals surface area (Å²) in [5.41, 5.74) is 5.01. The molecule has 0 aliphatic heterocycles. The van der Waals surface area contributed by atoms with Crippen LogP contribution < -0.4 is 0 Å². The molecule has 1 aromatic heterocycles. The maximum Gasteiger partial charge on any atom is 0.180 e. The molecule has 4 rings (SSSR count). The second-order valence-corrected chi connectivity index (χ2v) is 8.29. The molecule has 2 aliphatic carbocycles. The SMILES string of the molecule is [C-]#[N+]C1=C2c3c([nH]c4ccccc34)C(C)(C)[C@H]2C[C@@H](Cl)[C@@]1(C)C=C. The van der Waals surface area contributed by atoms with E-state index < -0.39 is 5.41 Å². The predicted octanol–water partition coefficient (Wildman–Crippen LogP) is 5.91. The Bertz CT molecular complexity index is 940. The van der Waals surface area contributed by atoms with E-state index in [2.05, 4.69) is 48.5 Å². The van der Waals surface area contributed by atoms with E-state index in [1.165, 1.54) is 22.2 Å². The van der Waals surface area contributed by atoms with Gasteiger partial charge in [0.25, 0.3) is 0 Å². The number of para-hydroxylation sites is 1. The second-order valence-electron chi connectivity index (χ2n) is 7.76. The van der Waals surface area contributed by atoms with Crippen LogP contribution in [-0.4, -0.2) is 10.4 Å². The van der Waals surface area contributed by atoms with Crippen molar-refractivity contribution >= 4 is 28.1 Å². The van der Waals surface area contributed by atoms with E-state index in [4.69, 9.17) is 18.2 Å². The van der Waals surface area contributed by atoms with Crippen LogP contribution in [0.1, 0.15) is 38.4 Å². The Balaban J connectivity index is 2.15. The molecule has 2 nitrogen and oxygen atoms in total. The van der Waals surface area contributed by atoms with Gasteiger partial charge in [0, 0.05) is 32.8 Å². The lowest BCUT2D eigenvalue weighted by Crippen LogP contribution is -2.38. The maximum absolute atomic E-state index is 7.88. The van der Waals surface area contributed by atoms with Crippen LogP contribution in [0.25, 0.3) is 21.3 Å². The van der Waals surface area contributed by atoms with Crippen molar-refractivity contribution in [1.29, 1.82) is 0 Å². The van der Waals surface area contributed by atoms with Gasteiger partial charge >= 0.3 is 0 Å². The summed E-state index contributed by atoms with van der Waals surface area (Å²) >= 11 is 6.76. The Morgan fingerprint density at radius 2 is 2.04 bits per heavy atom. The lowest BCUT2D eigenvalue weighted by Gasteiger charge is -2.42. The molecule has 3 heteroatoms. The molecule has 1 N–H and O–H groups in total. The van der Waals surface area contributed by atoms with E-state index in [0.717, 1.165) is 17.6 Å². The van der Waals surface area contributed by atoms with Gasteiger partial charge in [-0.2, -0.15) is 0 Å². The summed E-state index contributed by atoms with van der Waals surface area (Å²) in [6.07, 6.45) is 2.73. The minimum absolute atomic E-state index is 0.0603. The molecule has 1 aromatic carbocycles. The summed E-state index contributed by atoms with van der Waals surface area (Å²) in [6.45, 7) is 18.5. The molecule has 0 bridgehead atoms. The molecule has 2 aromatic rings. The maximum atomic E-state index is 7.88. The van der Waals surface area contributed by atoms with Crippen LogP contribution in [-0.2, 0) is 5.41 Å². The van der Waals surface area contributed by atoms with E-state index in [0.29, 0.717) is 0 Å². The highest BCUT2D eigenvalue weighted by Crippen LogP contribution is 2.61. The molecule has 0 saturated carbocycles. The molecule has 0 radical (unpaired) electrons. The highest BCUT2D eigenvalue weighted by Gasteiger charge is 2.54. The molecule has 0 spiro atoms. The third-order valence-electron chi connectivity index (χ3n) is 6.23. The lowest BCUT2D eigenvalue weighted by atomic mass is 9.65. The van der Waals surface area contributed by atoms with Crippen molar-refractivity contribution in [2.75, 3.05) is 0 Å². The van der Waals surface area contributed by atoms with E-state index in [1.807, 2.05) is 19.1 Å². The fourth-order valence-electron chi connectivity index (χ4n) is 4.61. The van der Waals surface area contributed by atoms with Crippen LogP contribution in [0.4, 0.5) is 0 Å². The number of fused-ring (bicyclic) bond motifs is 5. The number of alkyl halides is 1. The van der Waals surface area contributed by atoms with Crippen molar-refractivity contribution < 1.29 is 0 Å². The van der Waals surface area contributed by atoms with Gasteiger partial charge in [0.05, 0.1) is 6.57 Å². The average molecular weight is 337 g/mol. The number of hydrogen-bond acceptors (Lipinski definition) is 0. The molecule has 0 fully saturated rings. The van der Waals surface area contributed by atoms with Gasteiger partial charge in [0.2, 0.25) is 0 Å². The van der Waals surface area contributed by atoms with Gasteiger partial charge in [0.15, 0.2) is 5.70 Å². The molecule has 1 heterocycles. The predicted molar refractivity (Wildman–Crippen MR) is 101 cm³/mol. The lowest BCUT2D eigenvalue weighted by molar-refractivity contribution is 0.319. The van der Waals surface area contributed by atoms with Crippen molar-refractivity contribution in [3.63, 3.8) is 0 Å². The average Bonchev–Trinajstić information content (AvgIpc) is 3.04. The Hall–Kier alpha value is -1.98. The number of halogens is 1. The first-order valence-corrected chi connectivity index (χ1v) is 8.81. The zero-order valence-electron chi connectivity index (χ0n) is 14.3. The van der Waals surface area contributed by atoms with Crippen molar-refractivity contribution in [3.8, 4) is 0 Å². The molecule has 0 saturated heterocycles. The van der Waals surface area contributed by atoms with Crippen molar-refractivity contribution in [1.82, 2.24) is 4.98 Å². The molecular formula is C21H21ClN2. The number of rotatable bonds is 1. The molecule has 122 valence electrons. The number of nitrogens with zero attached hydrogens (tertiary/aromatic N) is 1. The van der Waals surface area contributed by atoms with Crippen molar-refractivity contribution in [2.24, 2.45) is 11.3 Å². The molecule has 24 heavy (non-hydrogen) atoms.